The lowest BCUT2D eigenvalue weighted by Gasteiger charge is -2.36. The van der Waals surface area contributed by atoms with Crippen molar-refractivity contribution < 1.29 is 17.9 Å². The summed E-state index contributed by atoms with van der Waals surface area (Å²) in [6.45, 7) is 13.0. The molecule has 3 aromatic heterocycles. The van der Waals surface area contributed by atoms with Gasteiger partial charge in [0.25, 0.3) is 15.9 Å². The summed E-state index contributed by atoms with van der Waals surface area (Å²) in [5, 5.41) is -0.335. The maximum atomic E-state index is 13.4. The average molecular weight is 553 g/mol. The quantitative estimate of drug-likeness (QED) is 0.417. The van der Waals surface area contributed by atoms with E-state index in [0.717, 1.165) is 24.0 Å². The largest absolute Gasteiger partial charge is 0.474 e. The summed E-state index contributed by atoms with van der Waals surface area (Å²) in [7, 11) is -4.26. The molecule has 4 heterocycles. The molecule has 1 amide bonds. The molecule has 2 atom stereocenters. The van der Waals surface area contributed by atoms with E-state index in [1.54, 1.807) is 18.3 Å². The first-order valence-electron chi connectivity index (χ1n) is 13.1. The van der Waals surface area contributed by atoms with E-state index in [1.807, 2.05) is 19.9 Å². The van der Waals surface area contributed by atoms with Crippen molar-refractivity contribution in [2.75, 3.05) is 17.2 Å². The standard InChI is InChI=1S/C28H36N6O4S/c1-7-19(4)38-27-17(2)15-20(16-30-27)22-12-11-21(25(31-22)34-14-13-18(3)28(34,5)6)26(35)33-39(36,37)24-10-8-9-23(29)32-24/h8-12,15-16,18-19H,7,13-14H2,1-6H3,(H2,29,32)(H,33,35)/t18?,19-/m0/s1. The van der Waals surface area contributed by atoms with Crippen LogP contribution in [0, 0.1) is 12.8 Å². The molecular weight excluding hydrogens is 516 g/mol. The van der Waals surface area contributed by atoms with Gasteiger partial charge in [-0.05, 0) is 76.8 Å². The van der Waals surface area contributed by atoms with Gasteiger partial charge in [-0.3, -0.25) is 4.79 Å². The second-order valence-corrected chi connectivity index (χ2v) is 12.2. The fourth-order valence-electron chi connectivity index (χ4n) is 4.51. The number of rotatable bonds is 8. The van der Waals surface area contributed by atoms with Crippen LogP contribution in [0.4, 0.5) is 11.6 Å². The summed E-state index contributed by atoms with van der Waals surface area (Å²) >= 11 is 0. The Hall–Kier alpha value is -3.73. The highest BCUT2D eigenvalue weighted by Crippen LogP contribution is 2.39. The molecule has 0 saturated carbocycles. The number of nitrogens with two attached hydrogens (primary N) is 1. The number of hydrogen-bond acceptors (Lipinski definition) is 9. The number of nitrogens with one attached hydrogen (secondary N) is 1. The van der Waals surface area contributed by atoms with Crippen LogP contribution in [-0.4, -0.2) is 47.5 Å². The van der Waals surface area contributed by atoms with Gasteiger partial charge in [-0.2, -0.15) is 8.42 Å². The van der Waals surface area contributed by atoms with Crippen LogP contribution in [0.5, 0.6) is 5.88 Å². The topological polar surface area (TPSA) is 140 Å². The zero-order chi connectivity index (χ0) is 28.5. The molecule has 1 aliphatic heterocycles. The van der Waals surface area contributed by atoms with Crippen LogP contribution in [-0.2, 0) is 10.0 Å². The van der Waals surface area contributed by atoms with E-state index < -0.39 is 15.9 Å². The minimum absolute atomic E-state index is 0.0364. The predicted octanol–water partition coefficient (Wildman–Crippen LogP) is 4.35. The van der Waals surface area contributed by atoms with E-state index in [9.17, 15) is 13.2 Å². The number of aromatic nitrogens is 3. The molecule has 1 aliphatic rings. The number of carbonyl (C=O) groups is 1. The van der Waals surface area contributed by atoms with Crippen molar-refractivity contribution in [3.05, 3.63) is 53.7 Å². The number of hydrogen-bond donors (Lipinski definition) is 2. The number of nitrogens with zero attached hydrogens (tertiary/aromatic N) is 4. The number of anilines is 2. The second kappa shape index (κ2) is 10.8. The van der Waals surface area contributed by atoms with Crippen molar-refractivity contribution in [2.24, 2.45) is 5.92 Å². The lowest BCUT2D eigenvalue weighted by Crippen LogP contribution is -2.43. The van der Waals surface area contributed by atoms with E-state index >= 15 is 0 Å². The van der Waals surface area contributed by atoms with Gasteiger partial charge in [0.05, 0.1) is 17.4 Å². The fraction of sp³-hybridized carbons (Fsp3) is 0.429. The van der Waals surface area contributed by atoms with E-state index in [-0.39, 0.29) is 28.1 Å². The highest BCUT2D eigenvalue weighted by Gasteiger charge is 2.41. The number of pyridine rings is 3. The van der Waals surface area contributed by atoms with Crippen LogP contribution in [0.3, 0.4) is 0 Å². The molecule has 0 spiro atoms. The van der Waals surface area contributed by atoms with Gasteiger partial charge in [-0.25, -0.2) is 19.7 Å². The van der Waals surface area contributed by atoms with Crippen LogP contribution in [0.25, 0.3) is 11.3 Å². The number of ether oxygens (including phenoxy) is 1. The summed E-state index contributed by atoms with van der Waals surface area (Å²) < 4.78 is 33.9. The molecule has 0 aromatic carbocycles. The number of sulfonamides is 1. The first kappa shape index (κ1) is 28.3. The van der Waals surface area contributed by atoms with E-state index in [2.05, 4.69) is 47.3 Å². The molecule has 10 nitrogen and oxygen atoms in total. The van der Waals surface area contributed by atoms with E-state index in [0.29, 0.717) is 29.9 Å². The second-order valence-electron chi connectivity index (χ2n) is 10.6. The minimum Gasteiger partial charge on any atom is -0.474 e. The molecule has 4 rings (SSSR count). The van der Waals surface area contributed by atoms with Gasteiger partial charge in [-0.1, -0.05) is 19.9 Å². The number of nitrogen functional groups attached to an aromatic ring is 1. The molecule has 0 radical (unpaired) electrons. The Kier molecular flexibility index (Phi) is 7.83. The molecule has 208 valence electrons. The van der Waals surface area contributed by atoms with Gasteiger partial charge in [-0.15, -0.1) is 0 Å². The van der Waals surface area contributed by atoms with Gasteiger partial charge in [0, 0.05) is 29.4 Å². The molecule has 1 fully saturated rings. The van der Waals surface area contributed by atoms with Crippen LogP contribution < -0.4 is 20.1 Å². The number of aryl methyl sites for hydroxylation is 1. The molecule has 3 N–H and O–H groups in total. The lowest BCUT2D eigenvalue weighted by atomic mass is 9.90. The van der Waals surface area contributed by atoms with Crippen molar-refractivity contribution in [1.29, 1.82) is 0 Å². The Balaban J connectivity index is 1.74. The van der Waals surface area contributed by atoms with Gasteiger partial charge in [0.2, 0.25) is 5.88 Å². The normalized spacial score (nSPS) is 17.6. The molecule has 0 bridgehead atoms. The van der Waals surface area contributed by atoms with Gasteiger partial charge in [0.1, 0.15) is 11.6 Å². The average Bonchev–Trinajstić information content (AvgIpc) is 3.16. The molecule has 1 saturated heterocycles. The summed E-state index contributed by atoms with van der Waals surface area (Å²) in [4.78, 5) is 28.7. The Morgan fingerprint density at radius 3 is 2.62 bits per heavy atom. The Morgan fingerprint density at radius 2 is 2.00 bits per heavy atom. The third-order valence-electron chi connectivity index (χ3n) is 7.52. The van der Waals surface area contributed by atoms with Crippen LogP contribution in [0.15, 0.2) is 47.6 Å². The first-order valence-corrected chi connectivity index (χ1v) is 14.5. The van der Waals surface area contributed by atoms with Crippen molar-refractivity contribution in [3.63, 3.8) is 0 Å². The SMILES string of the molecule is CC[C@H](C)Oc1ncc(-c2ccc(C(=O)NS(=O)(=O)c3cccc(N)n3)c(N3CCC(C)C3(C)C)n2)cc1C. The molecule has 39 heavy (non-hydrogen) atoms. The van der Waals surface area contributed by atoms with Gasteiger partial charge < -0.3 is 15.4 Å². The third kappa shape index (κ3) is 5.83. The molecule has 3 aromatic rings. The van der Waals surface area contributed by atoms with Crippen LogP contribution in [0.1, 0.15) is 63.4 Å². The molecule has 1 unspecified atom stereocenters. The van der Waals surface area contributed by atoms with Gasteiger partial charge >= 0.3 is 0 Å². The van der Waals surface area contributed by atoms with Crippen molar-refractivity contribution in [2.45, 2.75) is 71.1 Å². The Bertz CT molecular complexity index is 1490. The minimum atomic E-state index is -4.26. The van der Waals surface area contributed by atoms with Crippen LogP contribution >= 0.6 is 0 Å². The van der Waals surface area contributed by atoms with Crippen LogP contribution in [0.2, 0.25) is 0 Å². The van der Waals surface area contributed by atoms with Crippen molar-refractivity contribution in [1.82, 2.24) is 19.7 Å². The Morgan fingerprint density at radius 1 is 1.26 bits per heavy atom. The predicted molar refractivity (Wildman–Crippen MR) is 151 cm³/mol. The maximum absolute atomic E-state index is 13.4. The highest BCUT2D eigenvalue weighted by atomic mass is 32.2. The molecular formula is C28H36N6O4S. The highest BCUT2D eigenvalue weighted by molar-refractivity contribution is 7.90. The monoisotopic (exact) mass is 552 g/mol. The summed E-state index contributed by atoms with van der Waals surface area (Å²) in [6.07, 6.45) is 3.52. The molecule has 0 aliphatic carbocycles. The number of carbonyl (C=O) groups excluding carboxylic acids is 1. The Labute approximate surface area is 230 Å². The summed E-state index contributed by atoms with van der Waals surface area (Å²) in [5.41, 5.74) is 7.74. The van der Waals surface area contributed by atoms with Gasteiger partial charge in [0.15, 0.2) is 5.03 Å². The zero-order valence-corrected chi connectivity index (χ0v) is 24.0. The summed E-state index contributed by atoms with van der Waals surface area (Å²) in [5.74, 6) is 0.552. The first-order chi connectivity index (χ1) is 18.3. The maximum Gasteiger partial charge on any atom is 0.281 e. The van der Waals surface area contributed by atoms with E-state index in [1.165, 1.54) is 18.2 Å². The molecule has 11 heteroatoms. The zero-order valence-electron chi connectivity index (χ0n) is 23.2. The smallest absolute Gasteiger partial charge is 0.281 e. The van der Waals surface area contributed by atoms with Crippen molar-refractivity contribution in [3.8, 4) is 17.1 Å². The third-order valence-corrected chi connectivity index (χ3v) is 8.76. The number of amides is 1. The van der Waals surface area contributed by atoms with Crippen molar-refractivity contribution >= 4 is 27.6 Å². The summed E-state index contributed by atoms with van der Waals surface area (Å²) in [6, 6.07) is 9.47. The van der Waals surface area contributed by atoms with E-state index in [4.69, 9.17) is 15.5 Å². The lowest BCUT2D eigenvalue weighted by molar-refractivity contribution is 0.0981. The fourth-order valence-corrected chi connectivity index (χ4v) is 5.45.